The second-order valence-electron chi connectivity index (χ2n) is 4.28. The molecular formula is C14H18ClFN4O. The minimum absolute atomic E-state index is 0. The molecular weight excluding hydrogens is 295 g/mol. The molecule has 2 rings (SSSR count). The van der Waals surface area contributed by atoms with Crippen molar-refractivity contribution < 1.29 is 9.18 Å². The molecule has 0 saturated carbocycles. The Morgan fingerprint density at radius 2 is 2.00 bits per heavy atom. The summed E-state index contributed by atoms with van der Waals surface area (Å²) in [5, 5.41) is 12.6. The van der Waals surface area contributed by atoms with Gasteiger partial charge in [0.1, 0.15) is 11.5 Å². The molecule has 0 bridgehead atoms. The highest BCUT2D eigenvalue weighted by molar-refractivity contribution is 5.93. The van der Waals surface area contributed by atoms with Crippen molar-refractivity contribution in [3.63, 3.8) is 0 Å². The summed E-state index contributed by atoms with van der Waals surface area (Å²) >= 11 is 0. The van der Waals surface area contributed by atoms with Gasteiger partial charge in [-0.25, -0.2) is 4.39 Å². The predicted molar refractivity (Wildman–Crippen MR) is 82.1 cm³/mol. The fourth-order valence-electron chi connectivity index (χ4n) is 1.74. The second-order valence-corrected chi connectivity index (χ2v) is 4.28. The third-order valence-corrected chi connectivity index (χ3v) is 2.80. The highest BCUT2D eigenvalue weighted by Gasteiger charge is 2.10. The Balaban J connectivity index is 0.00000220. The van der Waals surface area contributed by atoms with Crippen LogP contribution in [-0.2, 0) is 0 Å². The van der Waals surface area contributed by atoms with Gasteiger partial charge in [0.15, 0.2) is 0 Å². The average Bonchev–Trinajstić information content (AvgIpc) is 2.94. The van der Waals surface area contributed by atoms with Crippen molar-refractivity contribution in [3.05, 3.63) is 41.8 Å². The lowest BCUT2D eigenvalue weighted by molar-refractivity contribution is 0.0949. The van der Waals surface area contributed by atoms with Crippen LogP contribution in [0.3, 0.4) is 0 Å². The molecule has 5 nitrogen and oxygen atoms in total. The molecule has 0 fully saturated rings. The van der Waals surface area contributed by atoms with Crippen molar-refractivity contribution in [1.29, 1.82) is 0 Å². The topological polar surface area (TPSA) is 69.8 Å². The number of halogens is 2. The summed E-state index contributed by atoms with van der Waals surface area (Å²) in [6, 6.07) is 7.62. The van der Waals surface area contributed by atoms with Gasteiger partial charge in [0, 0.05) is 18.7 Å². The Labute approximate surface area is 128 Å². The molecule has 0 spiro atoms. The smallest absolute Gasteiger partial charge is 0.269 e. The largest absolute Gasteiger partial charge is 0.349 e. The molecule has 3 N–H and O–H groups in total. The minimum Gasteiger partial charge on any atom is -0.349 e. The standard InChI is InChI=1S/C14H17FN4O.ClH/c1-2-16-7-8-17-14(20)13-9-12(18-19-13)10-3-5-11(15)6-4-10;/h3-6,9,16H,2,7-8H2,1H3,(H,17,20)(H,18,19);1H. The van der Waals surface area contributed by atoms with Gasteiger partial charge in [-0.05, 0) is 36.9 Å². The highest BCUT2D eigenvalue weighted by atomic mass is 35.5. The Bertz CT molecular complexity index is 571. The quantitative estimate of drug-likeness (QED) is 0.714. The maximum Gasteiger partial charge on any atom is 0.269 e. The summed E-state index contributed by atoms with van der Waals surface area (Å²) in [5.41, 5.74) is 1.76. The Kier molecular flexibility index (Phi) is 6.84. The van der Waals surface area contributed by atoms with Gasteiger partial charge in [0.05, 0.1) is 5.69 Å². The van der Waals surface area contributed by atoms with Crippen LogP contribution in [0.25, 0.3) is 11.3 Å². The fourth-order valence-corrected chi connectivity index (χ4v) is 1.74. The third-order valence-electron chi connectivity index (χ3n) is 2.80. The van der Waals surface area contributed by atoms with Gasteiger partial charge in [-0.1, -0.05) is 6.92 Å². The van der Waals surface area contributed by atoms with E-state index in [1.807, 2.05) is 6.92 Å². The number of hydrogen-bond acceptors (Lipinski definition) is 3. The first-order chi connectivity index (χ1) is 9.70. The van der Waals surface area contributed by atoms with E-state index < -0.39 is 0 Å². The molecule has 7 heteroatoms. The number of aromatic nitrogens is 2. The zero-order valence-electron chi connectivity index (χ0n) is 11.6. The molecule has 0 aliphatic rings. The van der Waals surface area contributed by atoms with Crippen LogP contribution in [0.4, 0.5) is 4.39 Å². The normalized spacial score (nSPS) is 10.0. The maximum absolute atomic E-state index is 12.8. The number of likely N-dealkylation sites (N-methyl/N-ethyl adjacent to an activating group) is 1. The van der Waals surface area contributed by atoms with Crippen LogP contribution in [0, 0.1) is 5.82 Å². The number of amides is 1. The molecule has 1 aromatic carbocycles. The van der Waals surface area contributed by atoms with Gasteiger partial charge < -0.3 is 10.6 Å². The molecule has 0 radical (unpaired) electrons. The average molecular weight is 313 g/mol. The number of H-pyrrole nitrogens is 1. The van der Waals surface area contributed by atoms with Crippen molar-refractivity contribution in [2.24, 2.45) is 0 Å². The van der Waals surface area contributed by atoms with Gasteiger partial charge in [0.2, 0.25) is 0 Å². The summed E-state index contributed by atoms with van der Waals surface area (Å²) in [7, 11) is 0. The maximum atomic E-state index is 12.8. The number of rotatable bonds is 6. The van der Waals surface area contributed by atoms with Gasteiger partial charge in [-0.15, -0.1) is 12.4 Å². The van der Waals surface area contributed by atoms with E-state index in [4.69, 9.17) is 0 Å². The highest BCUT2D eigenvalue weighted by Crippen LogP contribution is 2.17. The Morgan fingerprint density at radius 3 is 2.67 bits per heavy atom. The monoisotopic (exact) mass is 312 g/mol. The molecule has 0 atom stereocenters. The van der Waals surface area contributed by atoms with Crippen LogP contribution >= 0.6 is 12.4 Å². The second kappa shape index (κ2) is 8.39. The van der Waals surface area contributed by atoms with Gasteiger partial charge in [0.25, 0.3) is 5.91 Å². The minimum atomic E-state index is -0.300. The van der Waals surface area contributed by atoms with Crippen molar-refractivity contribution in [2.45, 2.75) is 6.92 Å². The van der Waals surface area contributed by atoms with E-state index in [2.05, 4.69) is 20.8 Å². The molecule has 114 valence electrons. The van der Waals surface area contributed by atoms with Crippen molar-refractivity contribution in [3.8, 4) is 11.3 Å². The molecule has 0 aliphatic heterocycles. The van der Waals surface area contributed by atoms with Crippen LogP contribution in [0.5, 0.6) is 0 Å². The molecule has 21 heavy (non-hydrogen) atoms. The zero-order chi connectivity index (χ0) is 14.4. The van der Waals surface area contributed by atoms with Crippen LogP contribution in [0.2, 0.25) is 0 Å². The lowest BCUT2D eigenvalue weighted by Gasteiger charge is -2.03. The lowest BCUT2D eigenvalue weighted by Crippen LogP contribution is -2.31. The Hall–Kier alpha value is -1.92. The molecule has 0 aliphatic carbocycles. The number of nitrogens with zero attached hydrogens (tertiary/aromatic N) is 1. The zero-order valence-corrected chi connectivity index (χ0v) is 12.5. The number of hydrogen-bond donors (Lipinski definition) is 3. The van der Waals surface area contributed by atoms with Crippen LogP contribution in [-0.4, -0.2) is 35.7 Å². The number of carbonyl (C=O) groups excluding carboxylic acids is 1. The molecule has 0 unspecified atom stereocenters. The van der Waals surface area contributed by atoms with E-state index in [1.165, 1.54) is 12.1 Å². The first-order valence-electron chi connectivity index (χ1n) is 6.51. The molecule has 1 aromatic heterocycles. The predicted octanol–water partition coefficient (Wildman–Crippen LogP) is 1.98. The van der Waals surface area contributed by atoms with Crippen LogP contribution in [0.15, 0.2) is 30.3 Å². The van der Waals surface area contributed by atoms with Crippen molar-refractivity contribution in [1.82, 2.24) is 20.8 Å². The lowest BCUT2D eigenvalue weighted by atomic mass is 10.1. The van der Waals surface area contributed by atoms with Crippen LogP contribution < -0.4 is 10.6 Å². The summed E-state index contributed by atoms with van der Waals surface area (Å²) in [6.07, 6.45) is 0. The van der Waals surface area contributed by atoms with E-state index in [-0.39, 0.29) is 24.1 Å². The molecule has 1 amide bonds. The number of aromatic amines is 1. The molecule has 0 saturated heterocycles. The third kappa shape index (κ3) is 4.84. The first kappa shape index (κ1) is 17.1. The number of carbonyl (C=O) groups is 1. The molecule has 1 heterocycles. The summed E-state index contributed by atoms with van der Waals surface area (Å²) in [6.45, 7) is 4.15. The summed E-state index contributed by atoms with van der Waals surface area (Å²) in [4.78, 5) is 11.8. The summed E-state index contributed by atoms with van der Waals surface area (Å²) in [5.74, 6) is -0.505. The van der Waals surface area contributed by atoms with Crippen LogP contribution in [0.1, 0.15) is 17.4 Å². The van der Waals surface area contributed by atoms with E-state index in [9.17, 15) is 9.18 Å². The van der Waals surface area contributed by atoms with Gasteiger partial charge in [-0.2, -0.15) is 5.10 Å². The van der Waals surface area contributed by atoms with E-state index in [0.717, 1.165) is 18.7 Å². The number of benzene rings is 1. The van der Waals surface area contributed by atoms with E-state index in [1.54, 1.807) is 18.2 Å². The number of nitrogens with one attached hydrogen (secondary N) is 3. The first-order valence-corrected chi connectivity index (χ1v) is 6.51. The van der Waals surface area contributed by atoms with E-state index in [0.29, 0.717) is 17.9 Å². The SMILES string of the molecule is CCNCCNC(=O)c1cc(-c2ccc(F)cc2)n[nH]1.Cl. The van der Waals surface area contributed by atoms with Crippen molar-refractivity contribution in [2.75, 3.05) is 19.6 Å². The summed E-state index contributed by atoms with van der Waals surface area (Å²) < 4.78 is 12.8. The van der Waals surface area contributed by atoms with Crippen molar-refractivity contribution >= 4 is 18.3 Å². The molecule has 2 aromatic rings. The van der Waals surface area contributed by atoms with Gasteiger partial charge >= 0.3 is 0 Å². The van der Waals surface area contributed by atoms with E-state index >= 15 is 0 Å². The van der Waals surface area contributed by atoms with Gasteiger partial charge in [-0.3, -0.25) is 9.89 Å². The fraction of sp³-hybridized carbons (Fsp3) is 0.286. The Morgan fingerprint density at radius 1 is 1.29 bits per heavy atom.